The molecule has 1 rings (SSSR count). The molecule has 12 heavy (non-hydrogen) atoms. The maximum atomic E-state index is 10.7. The molecule has 3 nitrogen and oxygen atoms in total. The summed E-state index contributed by atoms with van der Waals surface area (Å²) in [7, 11) is 1.94. The molecule has 0 aromatic carbocycles. The summed E-state index contributed by atoms with van der Waals surface area (Å²) < 4.78 is 0. The summed E-state index contributed by atoms with van der Waals surface area (Å²) in [4.78, 5) is 12.9. The van der Waals surface area contributed by atoms with Crippen LogP contribution in [0.15, 0.2) is 0 Å². The number of carbonyl (C=O) groups is 1. The SMILES string of the molecule is CNCCN1CCCCC1C=O. The molecule has 0 saturated carbocycles. The standard InChI is InChI=1S/C9H18N2O/c1-10-5-7-11-6-3-2-4-9(11)8-12/h8-10H,2-7H2,1H3. The van der Waals surface area contributed by atoms with Gasteiger partial charge in [0.2, 0.25) is 0 Å². The van der Waals surface area contributed by atoms with Gasteiger partial charge in [-0.3, -0.25) is 4.90 Å². The fraction of sp³-hybridized carbons (Fsp3) is 0.889. The van der Waals surface area contributed by atoms with Crippen molar-refractivity contribution in [2.24, 2.45) is 0 Å². The van der Waals surface area contributed by atoms with Crippen LogP contribution in [0.25, 0.3) is 0 Å². The smallest absolute Gasteiger partial charge is 0.137 e. The zero-order valence-electron chi connectivity index (χ0n) is 7.75. The van der Waals surface area contributed by atoms with Gasteiger partial charge in [-0.05, 0) is 26.4 Å². The van der Waals surface area contributed by atoms with Gasteiger partial charge in [-0.25, -0.2) is 0 Å². The first-order valence-electron chi connectivity index (χ1n) is 4.72. The normalized spacial score (nSPS) is 25.6. The predicted molar refractivity (Wildman–Crippen MR) is 49.2 cm³/mol. The van der Waals surface area contributed by atoms with Gasteiger partial charge in [0.05, 0.1) is 6.04 Å². The van der Waals surface area contributed by atoms with Crippen molar-refractivity contribution >= 4 is 6.29 Å². The molecule has 3 heteroatoms. The van der Waals surface area contributed by atoms with Gasteiger partial charge >= 0.3 is 0 Å². The van der Waals surface area contributed by atoms with Crippen molar-refractivity contribution in [3.63, 3.8) is 0 Å². The zero-order valence-corrected chi connectivity index (χ0v) is 7.75. The fourth-order valence-corrected chi connectivity index (χ4v) is 1.70. The number of likely N-dealkylation sites (tertiary alicyclic amines) is 1. The maximum absolute atomic E-state index is 10.7. The molecule has 70 valence electrons. The number of hydrogen-bond donors (Lipinski definition) is 1. The van der Waals surface area contributed by atoms with E-state index >= 15 is 0 Å². The van der Waals surface area contributed by atoms with E-state index in [1.54, 1.807) is 0 Å². The van der Waals surface area contributed by atoms with Crippen LogP contribution in [0, 0.1) is 0 Å². The molecule has 1 aliphatic heterocycles. The first-order chi connectivity index (χ1) is 5.88. The second-order valence-electron chi connectivity index (χ2n) is 3.34. The Labute approximate surface area is 74.1 Å². The van der Waals surface area contributed by atoms with E-state index in [4.69, 9.17) is 0 Å². The highest BCUT2D eigenvalue weighted by Gasteiger charge is 2.20. The Balaban J connectivity index is 2.31. The number of hydrogen-bond acceptors (Lipinski definition) is 3. The predicted octanol–water partition coefficient (Wildman–Crippen LogP) is 0.259. The molecule has 1 saturated heterocycles. The maximum Gasteiger partial charge on any atom is 0.137 e. The van der Waals surface area contributed by atoms with Gasteiger partial charge in [-0.2, -0.15) is 0 Å². The molecular formula is C9H18N2O. The highest BCUT2D eigenvalue weighted by atomic mass is 16.1. The molecule has 0 aromatic heterocycles. The Bertz CT molecular complexity index is 138. The summed E-state index contributed by atoms with van der Waals surface area (Å²) in [6.45, 7) is 3.06. The molecule has 0 aliphatic carbocycles. The van der Waals surface area contributed by atoms with Crippen LogP contribution < -0.4 is 5.32 Å². The summed E-state index contributed by atoms with van der Waals surface area (Å²) in [5, 5.41) is 3.10. The Morgan fingerprint density at radius 2 is 2.42 bits per heavy atom. The monoisotopic (exact) mass is 170 g/mol. The molecule has 1 unspecified atom stereocenters. The Morgan fingerprint density at radius 3 is 3.08 bits per heavy atom. The minimum Gasteiger partial charge on any atom is -0.318 e. The second kappa shape index (κ2) is 5.27. The van der Waals surface area contributed by atoms with Crippen molar-refractivity contribution in [2.75, 3.05) is 26.7 Å². The third-order valence-corrected chi connectivity index (χ3v) is 2.47. The summed E-state index contributed by atoms with van der Waals surface area (Å²) in [6, 6.07) is 0.187. The number of piperidine rings is 1. The van der Waals surface area contributed by atoms with Gasteiger partial charge in [-0.15, -0.1) is 0 Å². The van der Waals surface area contributed by atoms with Crippen LogP contribution in [0.1, 0.15) is 19.3 Å². The highest BCUT2D eigenvalue weighted by molar-refractivity contribution is 5.57. The number of nitrogens with one attached hydrogen (secondary N) is 1. The van der Waals surface area contributed by atoms with Crippen LogP contribution in [-0.2, 0) is 4.79 Å². The van der Waals surface area contributed by atoms with E-state index < -0.39 is 0 Å². The zero-order chi connectivity index (χ0) is 8.81. The molecule has 0 aromatic rings. The lowest BCUT2D eigenvalue weighted by atomic mass is 10.0. The second-order valence-corrected chi connectivity index (χ2v) is 3.34. The molecule has 0 radical (unpaired) electrons. The summed E-state index contributed by atoms with van der Waals surface area (Å²) in [5.74, 6) is 0. The Morgan fingerprint density at radius 1 is 1.58 bits per heavy atom. The number of carbonyl (C=O) groups excluding carboxylic acids is 1. The minimum absolute atomic E-state index is 0.187. The summed E-state index contributed by atoms with van der Waals surface area (Å²) in [6.07, 6.45) is 4.59. The van der Waals surface area contributed by atoms with Crippen LogP contribution in [0.4, 0.5) is 0 Å². The topological polar surface area (TPSA) is 32.3 Å². The molecule has 1 heterocycles. The van der Waals surface area contributed by atoms with Crippen molar-refractivity contribution in [3.05, 3.63) is 0 Å². The number of nitrogens with zero attached hydrogens (tertiary/aromatic N) is 1. The van der Waals surface area contributed by atoms with Crippen molar-refractivity contribution < 1.29 is 4.79 Å². The number of aldehydes is 1. The third kappa shape index (κ3) is 2.57. The highest BCUT2D eigenvalue weighted by Crippen LogP contribution is 2.14. The van der Waals surface area contributed by atoms with Crippen molar-refractivity contribution in [1.29, 1.82) is 0 Å². The van der Waals surface area contributed by atoms with Crippen molar-refractivity contribution in [3.8, 4) is 0 Å². The Kier molecular flexibility index (Phi) is 4.25. The van der Waals surface area contributed by atoms with Crippen LogP contribution in [0.3, 0.4) is 0 Å². The molecule has 1 N–H and O–H groups in total. The number of rotatable bonds is 4. The first-order valence-corrected chi connectivity index (χ1v) is 4.72. The van der Waals surface area contributed by atoms with E-state index in [2.05, 4.69) is 10.2 Å². The first kappa shape index (κ1) is 9.68. The van der Waals surface area contributed by atoms with E-state index in [-0.39, 0.29) is 6.04 Å². The number of likely N-dealkylation sites (N-methyl/N-ethyl adjacent to an activating group) is 1. The lowest BCUT2D eigenvalue weighted by molar-refractivity contribution is -0.113. The molecular weight excluding hydrogens is 152 g/mol. The minimum atomic E-state index is 0.187. The van der Waals surface area contributed by atoms with Crippen LogP contribution in [0.2, 0.25) is 0 Å². The summed E-state index contributed by atoms with van der Waals surface area (Å²) >= 11 is 0. The van der Waals surface area contributed by atoms with Gasteiger partial charge in [0, 0.05) is 13.1 Å². The lowest BCUT2D eigenvalue weighted by Crippen LogP contribution is -2.43. The third-order valence-electron chi connectivity index (χ3n) is 2.47. The van der Waals surface area contributed by atoms with Gasteiger partial charge in [0.25, 0.3) is 0 Å². The van der Waals surface area contributed by atoms with E-state index in [1.165, 1.54) is 12.8 Å². The molecule has 1 fully saturated rings. The average Bonchev–Trinajstić information content (AvgIpc) is 2.15. The van der Waals surface area contributed by atoms with Crippen molar-refractivity contribution in [2.45, 2.75) is 25.3 Å². The van der Waals surface area contributed by atoms with Gasteiger partial charge in [0.1, 0.15) is 6.29 Å². The summed E-state index contributed by atoms with van der Waals surface area (Å²) in [5.41, 5.74) is 0. The van der Waals surface area contributed by atoms with E-state index in [9.17, 15) is 4.79 Å². The van der Waals surface area contributed by atoms with Crippen molar-refractivity contribution in [1.82, 2.24) is 10.2 Å². The molecule has 0 spiro atoms. The fourth-order valence-electron chi connectivity index (χ4n) is 1.70. The van der Waals surface area contributed by atoms with Crippen LogP contribution >= 0.6 is 0 Å². The van der Waals surface area contributed by atoms with Crippen LogP contribution in [0.5, 0.6) is 0 Å². The van der Waals surface area contributed by atoms with E-state index in [0.717, 1.165) is 32.3 Å². The molecule has 1 aliphatic rings. The Hall–Kier alpha value is -0.410. The van der Waals surface area contributed by atoms with E-state index in [0.29, 0.717) is 0 Å². The van der Waals surface area contributed by atoms with Crippen LogP contribution in [-0.4, -0.2) is 43.9 Å². The molecule has 0 amide bonds. The van der Waals surface area contributed by atoms with E-state index in [1.807, 2.05) is 7.05 Å². The van der Waals surface area contributed by atoms with Gasteiger partial charge < -0.3 is 10.1 Å². The largest absolute Gasteiger partial charge is 0.318 e. The quantitative estimate of drug-likeness (QED) is 0.614. The average molecular weight is 170 g/mol. The van der Waals surface area contributed by atoms with Gasteiger partial charge in [-0.1, -0.05) is 6.42 Å². The van der Waals surface area contributed by atoms with Gasteiger partial charge in [0.15, 0.2) is 0 Å². The molecule has 1 atom stereocenters. The molecule has 0 bridgehead atoms. The lowest BCUT2D eigenvalue weighted by Gasteiger charge is -2.31.